The molecular formula is C19H21NO3. The lowest BCUT2D eigenvalue weighted by Gasteiger charge is -2.27. The van der Waals surface area contributed by atoms with Crippen LogP contribution in [-0.4, -0.2) is 18.4 Å². The SMILES string of the molecule is CCNc1cc2c(cc1C1CCc3cc(O)ccc3C1)OCO2. The van der Waals surface area contributed by atoms with Crippen LogP contribution < -0.4 is 14.8 Å². The Balaban J connectivity index is 1.69. The van der Waals surface area contributed by atoms with E-state index in [0.717, 1.165) is 43.0 Å². The number of aryl methyl sites for hydroxylation is 1. The summed E-state index contributed by atoms with van der Waals surface area (Å²) in [5, 5.41) is 13.1. The summed E-state index contributed by atoms with van der Waals surface area (Å²) in [6.45, 7) is 3.29. The molecule has 1 unspecified atom stereocenters. The molecule has 4 nitrogen and oxygen atoms in total. The van der Waals surface area contributed by atoms with Gasteiger partial charge in [0.1, 0.15) is 5.75 Å². The lowest BCUT2D eigenvalue weighted by Crippen LogP contribution is -2.14. The molecule has 1 aliphatic carbocycles. The van der Waals surface area contributed by atoms with Crippen molar-refractivity contribution in [2.45, 2.75) is 32.1 Å². The van der Waals surface area contributed by atoms with Crippen LogP contribution in [0.3, 0.4) is 0 Å². The van der Waals surface area contributed by atoms with Gasteiger partial charge in [0.05, 0.1) is 0 Å². The zero-order valence-electron chi connectivity index (χ0n) is 13.3. The molecule has 0 saturated heterocycles. The molecule has 0 fully saturated rings. The van der Waals surface area contributed by atoms with Crippen molar-refractivity contribution in [2.75, 3.05) is 18.7 Å². The highest BCUT2D eigenvalue weighted by Crippen LogP contribution is 2.43. The molecule has 2 N–H and O–H groups in total. The fourth-order valence-corrected chi connectivity index (χ4v) is 3.65. The Bertz CT molecular complexity index is 742. The molecule has 0 bridgehead atoms. The molecule has 2 aromatic rings. The van der Waals surface area contributed by atoms with Crippen LogP contribution in [0.4, 0.5) is 5.69 Å². The Labute approximate surface area is 136 Å². The van der Waals surface area contributed by atoms with Crippen LogP contribution >= 0.6 is 0 Å². The van der Waals surface area contributed by atoms with Gasteiger partial charge in [-0.05, 0) is 67.0 Å². The van der Waals surface area contributed by atoms with Gasteiger partial charge in [-0.1, -0.05) is 6.07 Å². The molecule has 0 saturated carbocycles. The Morgan fingerprint density at radius 3 is 2.78 bits per heavy atom. The number of rotatable bonds is 3. The van der Waals surface area contributed by atoms with Crippen LogP contribution in [0.2, 0.25) is 0 Å². The third-order valence-corrected chi connectivity index (χ3v) is 4.77. The molecule has 0 aromatic heterocycles. The van der Waals surface area contributed by atoms with Crippen LogP contribution in [0.15, 0.2) is 30.3 Å². The summed E-state index contributed by atoms with van der Waals surface area (Å²) in [6.07, 6.45) is 3.07. The normalized spacial score (nSPS) is 18.6. The summed E-state index contributed by atoms with van der Waals surface area (Å²) >= 11 is 0. The average Bonchev–Trinajstić information content (AvgIpc) is 3.01. The minimum Gasteiger partial charge on any atom is -0.508 e. The van der Waals surface area contributed by atoms with Gasteiger partial charge in [0, 0.05) is 18.3 Å². The number of phenols is 1. The summed E-state index contributed by atoms with van der Waals surface area (Å²) in [6, 6.07) is 9.93. The lowest BCUT2D eigenvalue weighted by atomic mass is 9.79. The van der Waals surface area contributed by atoms with Crippen LogP contribution in [0, 0.1) is 0 Å². The first-order valence-corrected chi connectivity index (χ1v) is 8.22. The number of ether oxygens (including phenoxy) is 2. The molecule has 1 atom stereocenters. The van der Waals surface area contributed by atoms with Gasteiger partial charge in [-0.3, -0.25) is 0 Å². The molecule has 1 heterocycles. The number of aromatic hydroxyl groups is 1. The maximum absolute atomic E-state index is 9.65. The Morgan fingerprint density at radius 1 is 1.13 bits per heavy atom. The maximum atomic E-state index is 9.65. The molecule has 2 aliphatic rings. The molecule has 0 radical (unpaired) electrons. The molecule has 4 heteroatoms. The standard InChI is InChI=1S/C19H21NO3/c1-2-20-17-10-19-18(22-11-23-19)9-16(17)14-4-3-13-8-15(21)6-5-12(13)7-14/h5-6,8-10,14,20-21H,2-4,7,11H2,1H3. The monoisotopic (exact) mass is 311 g/mol. The van der Waals surface area contributed by atoms with Gasteiger partial charge < -0.3 is 19.9 Å². The molecular weight excluding hydrogens is 290 g/mol. The van der Waals surface area contributed by atoms with E-state index in [-0.39, 0.29) is 0 Å². The number of benzene rings is 2. The zero-order valence-corrected chi connectivity index (χ0v) is 13.3. The first-order valence-electron chi connectivity index (χ1n) is 8.22. The topological polar surface area (TPSA) is 50.7 Å². The molecule has 4 rings (SSSR count). The highest BCUT2D eigenvalue weighted by atomic mass is 16.7. The van der Waals surface area contributed by atoms with Crippen LogP contribution in [0.25, 0.3) is 0 Å². The number of phenolic OH excluding ortho intramolecular Hbond substituents is 1. The molecule has 1 aliphatic heterocycles. The second-order valence-corrected chi connectivity index (χ2v) is 6.22. The average molecular weight is 311 g/mol. The summed E-state index contributed by atoms with van der Waals surface area (Å²) in [5.41, 5.74) is 5.05. The van der Waals surface area contributed by atoms with Crippen LogP contribution in [0.1, 0.15) is 36.0 Å². The van der Waals surface area contributed by atoms with E-state index in [1.165, 1.54) is 16.7 Å². The van der Waals surface area contributed by atoms with Crippen molar-refractivity contribution in [3.05, 3.63) is 47.0 Å². The number of fused-ring (bicyclic) bond motifs is 2. The Morgan fingerprint density at radius 2 is 1.96 bits per heavy atom. The molecule has 2 aromatic carbocycles. The van der Waals surface area contributed by atoms with E-state index in [2.05, 4.69) is 30.4 Å². The van der Waals surface area contributed by atoms with E-state index in [9.17, 15) is 5.11 Å². The number of anilines is 1. The van der Waals surface area contributed by atoms with E-state index in [1.807, 2.05) is 6.07 Å². The van der Waals surface area contributed by atoms with E-state index in [1.54, 1.807) is 6.07 Å². The van der Waals surface area contributed by atoms with Gasteiger partial charge in [-0.2, -0.15) is 0 Å². The minimum absolute atomic E-state index is 0.303. The van der Waals surface area contributed by atoms with E-state index < -0.39 is 0 Å². The number of hydrogen-bond acceptors (Lipinski definition) is 4. The highest BCUT2D eigenvalue weighted by Gasteiger charge is 2.25. The van der Waals surface area contributed by atoms with Gasteiger partial charge in [-0.15, -0.1) is 0 Å². The lowest BCUT2D eigenvalue weighted by molar-refractivity contribution is 0.174. The van der Waals surface area contributed by atoms with Gasteiger partial charge in [0.25, 0.3) is 0 Å². The van der Waals surface area contributed by atoms with Crippen LogP contribution in [-0.2, 0) is 12.8 Å². The quantitative estimate of drug-likeness (QED) is 0.904. The highest BCUT2D eigenvalue weighted by molar-refractivity contribution is 5.63. The smallest absolute Gasteiger partial charge is 0.231 e. The fraction of sp³-hybridized carbons (Fsp3) is 0.368. The van der Waals surface area contributed by atoms with Crippen LogP contribution in [0.5, 0.6) is 17.2 Å². The summed E-state index contributed by atoms with van der Waals surface area (Å²) in [7, 11) is 0. The Hall–Kier alpha value is -2.36. The summed E-state index contributed by atoms with van der Waals surface area (Å²) < 4.78 is 11.1. The molecule has 23 heavy (non-hydrogen) atoms. The molecule has 120 valence electrons. The van der Waals surface area contributed by atoms with E-state index in [0.29, 0.717) is 18.5 Å². The number of nitrogens with one attached hydrogen (secondary N) is 1. The minimum atomic E-state index is 0.303. The third kappa shape index (κ3) is 2.58. The van der Waals surface area contributed by atoms with Gasteiger partial charge in [0.15, 0.2) is 11.5 Å². The molecule has 0 amide bonds. The fourth-order valence-electron chi connectivity index (χ4n) is 3.65. The second-order valence-electron chi connectivity index (χ2n) is 6.22. The van der Waals surface area contributed by atoms with Crippen molar-refractivity contribution in [2.24, 2.45) is 0 Å². The molecule has 0 spiro atoms. The maximum Gasteiger partial charge on any atom is 0.231 e. The van der Waals surface area contributed by atoms with Gasteiger partial charge >= 0.3 is 0 Å². The Kier molecular flexibility index (Phi) is 3.52. The largest absolute Gasteiger partial charge is 0.508 e. The summed E-state index contributed by atoms with van der Waals surface area (Å²) in [4.78, 5) is 0. The van der Waals surface area contributed by atoms with Crippen molar-refractivity contribution in [1.82, 2.24) is 0 Å². The predicted octanol–water partition coefficient (Wildman–Crippen LogP) is 3.83. The van der Waals surface area contributed by atoms with Gasteiger partial charge in [0.2, 0.25) is 6.79 Å². The zero-order chi connectivity index (χ0) is 15.8. The first-order chi connectivity index (χ1) is 11.2. The van der Waals surface area contributed by atoms with Gasteiger partial charge in [-0.25, -0.2) is 0 Å². The van der Waals surface area contributed by atoms with E-state index in [4.69, 9.17) is 9.47 Å². The predicted molar refractivity (Wildman–Crippen MR) is 89.6 cm³/mol. The summed E-state index contributed by atoms with van der Waals surface area (Å²) in [5.74, 6) is 2.48. The van der Waals surface area contributed by atoms with E-state index >= 15 is 0 Å². The third-order valence-electron chi connectivity index (χ3n) is 4.77. The first kappa shape index (κ1) is 14.2. The van der Waals surface area contributed by atoms with Crippen molar-refractivity contribution in [3.8, 4) is 17.2 Å². The number of hydrogen-bond donors (Lipinski definition) is 2. The van der Waals surface area contributed by atoms with Crippen molar-refractivity contribution >= 4 is 5.69 Å². The van der Waals surface area contributed by atoms with Crippen molar-refractivity contribution in [3.63, 3.8) is 0 Å². The second kappa shape index (κ2) is 5.69. The van der Waals surface area contributed by atoms with Crippen molar-refractivity contribution in [1.29, 1.82) is 0 Å². The van der Waals surface area contributed by atoms with Crippen molar-refractivity contribution < 1.29 is 14.6 Å².